The van der Waals surface area contributed by atoms with E-state index in [0.29, 0.717) is 6.61 Å². The molecule has 0 radical (unpaired) electrons. The lowest BCUT2D eigenvalue weighted by atomic mass is 10.5. The van der Waals surface area contributed by atoms with Crippen LogP contribution in [0, 0.1) is 0 Å². The van der Waals surface area contributed by atoms with E-state index in [-0.39, 0.29) is 0 Å². The molecule has 1 unspecified atom stereocenters. The highest BCUT2D eigenvalue weighted by molar-refractivity contribution is 9.09. The van der Waals surface area contributed by atoms with E-state index in [0.717, 1.165) is 11.8 Å². The Morgan fingerprint density at radius 1 is 1.71 bits per heavy atom. The van der Waals surface area contributed by atoms with Gasteiger partial charge in [-0.25, -0.2) is 0 Å². The molecule has 0 bridgehead atoms. The zero-order chi connectivity index (χ0) is 5.54. The van der Waals surface area contributed by atoms with Crippen LogP contribution in [0.2, 0.25) is 0 Å². The van der Waals surface area contributed by atoms with Crippen LogP contribution in [0.25, 0.3) is 0 Å². The number of hydrogen-bond acceptors (Lipinski definition) is 2. The van der Waals surface area contributed by atoms with Gasteiger partial charge >= 0.3 is 0 Å². The highest BCUT2D eigenvalue weighted by Gasteiger charge is 1.79. The maximum absolute atomic E-state index is 9.65. The molecule has 0 amide bonds. The fourth-order valence-electron chi connectivity index (χ4n) is 0.186. The van der Waals surface area contributed by atoms with Crippen molar-refractivity contribution in [1.82, 2.24) is 0 Å². The van der Waals surface area contributed by atoms with Crippen LogP contribution in [0.3, 0.4) is 0 Å². The molecular formula is C3H8BrO2P. The van der Waals surface area contributed by atoms with Crippen molar-refractivity contribution in [2.24, 2.45) is 0 Å². The van der Waals surface area contributed by atoms with Crippen molar-refractivity contribution < 1.29 is 9.09 Å². The highest BCUT2D eigenvalue weighted by Crippen LogP contribution is 1.96. The quantitative estimate of drug-likeness (QED) is 0.378. The first-order chi connectivity index (χ1) is 3.41. The summed E-state index contributed by atoms with van der Waals surface area (Å²) in [5.74, 6) is 0. The van der Waals surface area contributed by atoms with Crippen LogP contribution in [0.15, 0.2) is 0 Å². The van der Waals surface area contributed by atoms with Crippen molar-refractivity contribution in [3.8, 4) is 0 Å². The van der Waals surface area contributed by atoms with Gasteiger partial charge in [-0.1, -0.05) is 15.9 Å². The summed E-state index contributed by atoms with van der Waals surface area (Å²) >= 11 is 3.21. The molecule has 0 aromatic carbocycles. The van der Waals surface area contributed by atoms with E-state index in [1.807, 2.05) is 0 Å². The Morgan fingerprint density at radius 2 is 2.43 bits per heavy atom. The molecule has 0 aromatic rings. The monoisotopic (exact) mass is 186 g/mol. The van der Waals surface area contributed by atoms with Gasteiger partial charge in [-0.2, -0.15) is 0 Å². The van der Waals surface area contributed by atoms with Crippen LogP contribution in [0.4, 0.5) is 0 Å². The van der Waals surface area contributed by atoms with Gasteiger partial charge in [0.05, 0.1) is 6.61 Å². The Labute approximate surface area is 52.7 Å². The van der Waals surface area contributed by atoms with Gasteiger partial charge in [0.2, 0.25) is 0 Å². The SMILES string of the molecule is O=[PH2]OCCCBr. The number of alkyl halides is 1. The molecule has 0 saturated carbocycles. The predicted octanol–water partition coefficient (Wildman–Crippen LogP) is 1.46. The molecule has 1 atom stereocenters. The van der Waals surface area contributed by atoms with Crippen LogP contribution in [-0.4, -0.2) is 11.9 Å². The molecule has 0 aliphatic heterocycles. The molecule has 0 aliphatic carbocycles. The second kappa shape index (κ2) is 6.67. The van der Waals surface area contributed by atoms with E-state index in [2.05, 4.69) is 20.5 Å². The van der Waals surface area contributed by atoms with Gasteiger partial charge < -0.3 is 4.52 Å². The van der Waals surface area contributed by atoms with Gasteiger partial charge in [0, 0.05) is 5.33 Å². The van der Waals surface area contributed by atoms with E-state index in [4.69, 9.17) is 0 Å². The number of halogens is 1. The van der Waals surface area contributed by atoms with Crippen LogP contribution in [0.1, 0.15) is 6.42 Å². The van der Waals surface area contributed by atoms with Crippen LogP contribution in [-0.2, 0) is 9.09 Å². The number of hydrogen-bond donors (Lipinski definition) is 0. The maximum Gasteiger partial charge on any atom is 0.179 e. The lowest BCUT2D eigenvalue weighted by Crippen LogP contribution is -1.82. The summed E-state index contributed by atoms with van der Waals surface area (Å²) in [5.41, 5.74) is 0. The molecule has 0 spiro atoms. The first-order valence-electron chi connectivity index (χ1n) is 2.03. The molecular weight excluding hydrogens is 179 g/mol. The van der Waals surface area contributed by atoms with Crippen molar-refractivity contribution >= 4 is 24.6 Å². The smallest absolute Gasteiger partial charge is 0.179 e. The van der Waals surface area contributed by atoms with Gasteiger partial charge in [0.1, 0.15) is 0 Å². The van der Waals surface area contributed by atoms with Gasteiger partial charge in [-0.05, 0) is 6.42 Å². The predicted molar refractivity (Wildman–Crippen MR) is 34.8 cm³/mol. The van der Waals surface area contributed by atoms with Crippen LogP contribution in [0.5, 0.6) is 0 Å². The summed E-state index contributed by atoms with van der Waals surface area (Å²) in [6, 6.07) is 0. The summed E-state index contributed by atoms with van der Waals surface area (Å²) in [5, 5.41) is 0.923. The zero-order valence-electron chi connectivity index (χ0n) is 3.89. The summed E-state index contributed by atoms with van der Waals surface area (Å²) in [6.45, 7) is 0.615. The van der Waals surface area contributed by atoms with E-state index in [1.54, 1.807) is 0 Å². The molecule has 4 heteroatoms. The van der Waals surface area contributed by atoms with Crippen molar-refractivity contribution in [1.29, 1.82) is 0 Å². The minimum Gasteiger partial charge on any atom is -0.332 e. The van der Waals surface area contributed by atoms with Crippen molar-refractivity contribution in [2.75, 3.05) is 11.9 Å². The van der Waals surface area contributed by atoms with E-state index in [1.165, 1.54) is 0 Å². The topological polar surface area (TPSA) is 26.3 Å². The van der Waals surface area contributed by atoms with E-state index in [9.17, 15) is 4.57 Å². The highest BCUT2D eigenvalue weighted by atomic mass is 79.9. The zero-order valence-corrected chi connectivity index (χ0v) is 6.63. The molecule has 0 N–H and O–H groups in total. The van der Waals surface area contributed by atoms with Gasteiger partial charge in [0.25, 0.3) is 0 Å². The first kappa shape index (κ1) is 7.67. The maximum atomic E-state index is 9.65. The third-order valence-electron chi connectivity index (χ3n) is 0.464. The Kier molecular flexibility index (Phi) is 7.31. The second-order valence-electron chi connectivity index (χ2n) is 1.01. The van der Waals surface area contributed by atoms with E-state index < -0.39 is 8.69 Å². The minimum atomic E-state index is -0.990. The normalized spacial score (nSPS) is 11.0. The van der Waals surface area contributed by atoms with Crippen molar-refractivity contribution in [2.45, 2.75) is 6.42 Å². The molecule has 2 nitrogen and oxygen atoms in total. The Morgan fingerprint density at radius 3 is 2.86 bits per heavy atom. The Hall–Kier alpha value is 0.670. The Bertz CT molecular complexity index is 50.2. The van der Waals surface area contributed by atoms with Gasteiger partial charge in [-0.15, -0.1) is 0 Å². The fourth-order valence-corrected chi connectivity index (χ4v) is 0.678. The second-order valence-corrected chi connectivity index (χ2v) is 2.33. The standard InChI is InChI=1S/C3H8BrO2P/c4-2-1-3-6-7-5/h1-3,7H2. The summed E-state index contributed by atoms with van der Waals surface area (Å²) in [4.78, 5) is 0. The van der Waals surface area contributed by atoms with Gasteiger partial charge in [0.15, 0.2) is 8.69 Å². The molecule has 0 aromatic heterocycles. The minimum absolute atomic E-state index is 0.615. The fraction of sp³-hybridized carbons (Fsp3) is 1.00. The number of rotatable bonds is 4. The average Bonchev–Trinajstić information content (AvgIpc) is 1.69. The lowest BCUT2D eigenvalue weighted by Gasteiger charge is -1.88. The summed E-state index contributed by atoms with van der Waals surface area (Å²) in [7, 11) is -0.990. The van der Waals surface area contributed by atoms with Crippen molar-refractivity contribution in [3.05, 3.63) is 0 Å². The molecule has 0 fully saturated rings. The molecule has 0 aliphatic rings. The molecule has 0 saturated heterocycles. The van der Waals surface area contributed by atoms with E-state index >= 15 is 0 Å². The molecule has 0 rings (SSSR count). The molecule has 44 valence electrons. The first-order valence-corrected chi connectivity index (χ1v) is 4.09. The third kappa shape index (κ3) is 6.67. The summed E-state index contributed by atoms with van der Waals surface area (Å²) < 4.78 is 14.2. The van der Waals surface area contributed by atoms with Crippen LogP contribution < -0.4 is 0 Å². The Balaban J connectivity index is 2.56. The lowest BCUT2D eigenvalue weighted by molar-refractivity contribution is 0.344. The largest absolute Gasteiger partial charge is 0.332 e. The summed E-state index contributed by atoms with van der Waals surface area (Å²) in [6.07, 6.45) is 0.940. The molecule has 0 heterocycles. The third-order valence-corrected chi connectivity index (χ3v) is 1.40. The van der Waals surface area contributed by atoms with Crippen molar-refractivity contribution in [3.63, 3.8) is 0 Å². The molecule has 7 heavy (non-hydrogen) atoms. The van der Waals surface area contributed by atoms with Gasteiger partial charge in [-0.3, -0.25) is 4.57 Å². The van der Waals surface area contributed by atoms with Crippen LogP contribution >= 0.6 is 24.6 Å². The average molecular weight is 187 g/mol.